The zero-order valence-corrected chi connectivity index (χ0v) is 13.5. The molecular formula is C15H10F2O5S2. The van der Waals surface area contributed by atoms with Gasteiger partial charge in [0.1, 0.15) is 0 Å². The largest absolute Gasteiger partial charge is 0.332 e. The molecule has 0 radical (unpaired) electrons. The summed E-state index contributed by atoms with van der Waals surface area (Å²) in [5.41, 5.74) is 0.598. The van der Waals surface area contributed by atoms with Crippen molar-refractivity contribution in [1.29, 1.82) is 0 Å². The van der Waals surface area contributed by atoms with Gasteiger partial charge < -0.3 is 0 Å². The SMILES string of the molecule is O=C(/C=C/c1ccc(S(=O)(=O)F)cc1)c1ccc(S(=O)(=O)F)cc1. The molecule has 9 heteroatoms. The molecule has 0 heterocycles. The van der Waals surface area contributed by atoms with Crippen LogP contribution in [-0.2, 0) is 20.4 Å². The third kappa shape index (κ3) is 4.56. The number of benzene rings is 2. The first-order valence-corrected chi connectivity index (χ1v) is 9.16. The van der Waals surface area contributed by atoms with Gasteiger partial charge in [-0.2, -0.15) is 16.8 Å². The number of carbonyl (C=O) groups excluding carboxylic acids is 1. The molecule has 0 aromatic heterocycles. The van der Waals surface area contributed by atoms with Crippen LogP contribution in [0.4, 0.5) is 7.77 Å². The minimum Gasteiger partial charge on any atom is -0.289 e. The molecule has 0 amide bonds. The van der Waals surface area contributed by atoms with E-state index in [1.165, 1.54) is 18.2 Å². The van der Waals surface area contributed by atoms with E-state index in [0.717, 1.165) is 42.5 Å². The Balaban J connectivity index is 2.16. The Morgan fingerprint density at radius 2 is 1.17 bits per heavy atom. The summed E-state index contributed by atoms with van der Waals surface area (Å²) in [6, 6.07) is 9.01. The number of halogens is 2. The van der Waals surface area contributed by atoms with Gasteiger partial charge in [0.2, 0.25) is 0 Å². The number of hydrogen-bond donors (Lipinski definition) is 0. The Morgan fingerprint density at radius 1 is 0.750 bits per heavy atom. The second kappa shape index (κ2) is 6.62. The van der Waals surface area contributed by atoms with E-state index in [-0.39, 0.29) is 5.56 Å². The van der Waals surface area contributed by atoms with Gasteiger partial charge in [-0.15, -0.1) is 7.77 Å². The van der Waals surface area contributed by atoms with Crippen LogP contribution in [0.25, 0.3) is 6.08 Å². The van der Waals surface area contributed by atoms with Gasteiger partial charge in [0.05, 0.1) is 9.79 Å². The summed E-state index contributed by atoms with van der Waals surface area (Å²) >= 11 is 0. The molecule has 24 heavy (non-hydrogen) atoms. The van der Waals surface area contributed by atoms with Crippen LogP contribution in [0.2, 0.25) is 0 Å². The number of ketones is 1. The van der Waals surface area contributed by atoms with Crippen LogP contribution in [0.3, 0.4) is 0 Å². The lowest BCUT2D eigenvalue weighted by atomic mass is 10.1. The van der Waals surface area contributed by atoms with Gasteiger partial charge in [-0.3, -0.25) is 4.79 Å². The fourth-order valence-corrected chi connectivity index (χ4v) is 2.71. The Morgan fingerprint density at radius 3 is 1.58 bits per heavy atom. The molecule has 0 bridgehead atoms. The molecule has 0 unspecified atom stereocenters. The lowest BCUT2D eigenvalue weighted by molar-refractivity contribution is 0.104. The van der Waals surface area contributed by atoms with Crippen molar-refractivity contribution in [1.82, 2.24) is 0 Å². The lowest BCUT2D eigenvalue weighted by Crippen LogP contribution is -1.97. The first kappa shape index (κ1) is 18.0. The van der Waals surface area contributed by atoms with E-state index in [1.807, 2.05) is 0 Å². The number of allylic oxidation sites excluding steroid dienone is 1. The third-order valence-corrected chi connectivity index (χ3v) is 4.68. The standard InChI is InChI=1S/C15H10F2O5S2/c16-23(19,20)13-6-1-11(2-7-13)3-10-15(18)12-4-8-14(9-5-12)24(17,21)22/h1-10H/b10-3+. The van der Waals surface area contributed by atoms with Crippen LogP contribution in [-0.4, -0.2) is 22.6 Å². The first-order valence-electron chi connectivity index (χ1n) is 6.39. The minimum absolute atomic E-state index is 0.140. The lowest BCUT2D eigenvalue weighted by Gasteiger charge is -1.99. The van der Waals surface area contributed by atoms with Gasteiger partial charge in [0.25, 0.3) is 0 Å². The van der Waals surface area contributed by atoms with Crippen LogP contribution in [0, 0.1) is 0 Å². The summed E-state index contributed by atoms with van der Waals surface area (Å²) in [7, 11) is -9.61. The smallest absolute Gasteiger partial charge is 0.289 e. The van der Waals surface area contributed by atoms with Gasteiger partial charge in [0, 0.05) is 5.56 Å². The Bertz CT molecular complexity index is 991. The highest BCUT2D eigenvalue weighted by atomic mass is 32.3. The van der Waals surface area contributed by atoms with Crippen molar-refractivity contribution in [2.75, 3.05) is 0 Å². The van der Waals surface area contributed by atoms with Crippen molar-refractivity contribution >= 4 is 32.3 Å². The van der Waals surface area contributed by atoms with E-state index < -0.39 is 36.0 Å². The highest BCUT2D eigenvalue weighted by molar-refractivity contribution is 7.86. The van der Waals surface area contributed by atoms with Crippen molar-refractivity contribution in [3.8, 4) is 0 Å². The van der Waals surface area contributed by atoms with Crippen molar-refractivity contribution in [2.45, 2.75) is 9.79 Å². The molecule has 2 aromatic rings. The molecule has 0 N–H and O–H groups in total. The molecule has 2 aromatic carbocycles. The van der Waals surface area contributed by atoms with E-state index in [9.17, 15) is 29.4 Å². The summed E-state index contributed by atoms with van der Waals surface area (Å²) in [5.74, 6) is -0.472. The zero-order valence-electron chi connectivity index (χ0n) is 11.9. The van der Waals surface area contributed by atoms with Gasteiger partial charge in [-0.05, 0) is 48.0 Å². The molecule has 0 aliphatic rings. The maximum atomic E-state index is 12.7. The van der Waals surface area contributed by atoms with Crippen molar-refractivity contribution in [3.63, 3.8) is 0 Å². The predicted molar refractivity (Wildman–Crippen MR) is 82.8 cm³/mol. The average Bonchev–Trinajstić information content (AvgIpc) is 2.51. The summed E-state index contributed by atoms with van der Waals surface area (Å²) in [5, 5.41) is 0. The van der Waals surface area contributed by atoms with E-state index in [4.69, 9.17) is 0 Å². The van der Waals surface area contributed by atoms with Crippen molar-refractivity contribution in [3.05, 3.63) is 65.7 Å². The zero-order chi connectivity index (χ0) is 18.0. The molecule has 0 aliphatic carbocycles. The van der Waals surface area contributed by atoms with Crippen LogP contribution in [0.15, 0.2) is 64.4 Å². The van der Waals surface area contributed by atoms with Crippen LogP contribution < -0.4 is 0 Å². The number of rotatable bonds is 5. The van der Waals surface area contributed by atoms with Crippen molar-refractivity contribution < 1.29 is 29.4 Å². The third-order valence-electron chi connectivity index (χ3n) is 3.01. The summed E-state index contributed by atoms with van der Waals surface area (Å²) in [4.78, 5) is 10.9. The van der Waals surface area contributed by atoms with E-state index in [0.29, 0.717) is 5.56 Å². The maximum Gasteiger partial charge on any atom is 0.332 e. The number of carbonyl (C=O) groups is 1. The summed E-state index contributed by atoms with van der Waals surface area (Å²) < 4.78 is 68.2. The highest BCUT2D eigenvalue weighted by Crippen LogP contribution is 2.16. The Labute approximate surface area is 137 Å². The molecule has 126 valence electrons. The predicted octanol–water partition coefficient (Wildman–Crippen LogP) is 2.90. The molecule has 2 rings (SSSR count). The molecule has 0 fully saturated rings. The summed E-state index contributed by atoms with van der Waals surface area (Å²) in [6.45, 7) is 0. The molecule has 0 saturated heterocycles. The van der Waals surface area contributed by atoms with Gasteiger partial charge >= 0.3 is 20.4 Å². The van der Waals surface area contributed by atoms with E-state index in [2.05, 4.69) is 0 Å². The van der Waals surface area contributed by atoms with Crippen LogP contribution in [0.5, 0.6) is 0 Å². The minimum atomic E-state index is -4.83. The monoisotopic (exact) mass is 372 g/mol. The topological polar surface area (TPSA) is 85.3 Å². The molecule has 5 nitrogen and oxygen atoms in total. The average molecular weight is 372 g/mol. The maximum absolute atomic E-state index is 12.7. The highest BCUT2D eigenvalue weighted by Gasteiger charge is 2.12. The molecule has 0 atom stereocenters. The molecular weight excluding hydrogens is 362 g/mol. The first-order chi connectivity index (χ1) is 11.1. The molecule has 0 spiro atoms. The molecule has 0 aliphatic heterocycles. The second-order valence-corrected chi connectivity index (χ2v) is 7.36. The fourth-order valence-electron chi connectivity index (χ4n) is 1.79. The molecule has 0 saturated carbocycles. The quantitative estimate of drug-likeness (QED) is 0.458. The number of hydrogen-bond acceptors (Lipinski definition) is 5. The van der Waals surface area contributed by atoms with Gasteiger partial charge in [0.15, 0.2) is 5.78 Å². The van der Waals surface area contributed by atoms with Gasteiger partial charge in [-0.25, -0.2) is 0 Å². The normalized spacial score (nSPS) is 12.4. The van der Waals surface area contributed by atoms with Crippen LogP contribution >= 0.6 is 0 Å². The van der Waals surface area contributed by atoms with Crippen molar-refractivity contribution in [2.24, 2.45) is 0 Å². The Kier molecular flexibility index (Phi) is 4.95. The summed E-state index contributed by atoms with van der Waals surface area (Å²) in [6.07, 6.45) is 2.54. The second-order valence-electron chi connectivity index (χ2n) is 4.67. The van der Waals surface area contributed by atoms with Crippen LogP contribution in [0.1, 0.15) is 15.9 Å². The van der Waals surface area contributed by atoms with Gasteiger partial charge in [-0.1, -0.05) is 18.2 Å². The Hall–Kier alpha value is -2.39. The fraction of sp³-hybridized carbons (Fsp3) is 0. The van der Waals surface area contributed by atoms with E-state index in [1.54, 1.807) is 0 Å². The van der Waals surface area contributed by atoms with E-state index >= 15 is 0 Å².